The standard InChI is InChI=1S/C27H34N2O2/c1-2-31-24-13-11-21(12-14-24)17-28-18-22-16-23(19-28)26(15-20-7-4-3-5-8-20)29-25(22)9-6-10-27(29)30/h3-5,7-8,11-14,22-23,25-26H,2,6,9-10,15-19H2,1H3/t22-,23+,25+,26+/m1/s1. The molecular formula is C27H34N2O2. The van der Waals surface area contributed by atoms with Crippen LogP contribution >= 0.6 is 0 Å². The van der Waals surface area contributed by atoms with Crippen LogP contribution in [0.3, 0.4) is 0 Å². The van der Waals surface area contributed by atoms with Gasteiger partial charge in [0.05, 0.1) is 6.61 Å². The lowest BCUT2D eigenvalue weighted by Gasteiger charge is -2.57. The first-order valence-corrected chi connectivity index (χ1v) is 12.0. The van der Waals surface area contributed by atoms with Crippen molar-refractivity contribution in [2.45, 2.75) is 57.7 Å². The van der Waals surface area contributed by atoms with Crippen LogP contribution in [0.15, 0.2) is 54.6 Å². The predicted molar refractivity (Wildman–Crippen MR) is 123 cm³/mol. The highest BCUT2D eigenvalue weighted by Gasteiger charge is 2.49. The van der Waals surface area contributed by atoms with E-state index >= 15 is 0 Å². The molecule has 4 atom stereocenters. The third kappa shape index (κ3) is 4.36. The van der Waals surface area contributed by atoms with Crippen LogP contribution in [0.25, 0.3) is 0 Å². The average molecular weight is 419 g/mol. The number of piperidine rings is 3. The summed E-state index contributed by atoms with van der Waals surface area (Å²) < 4.78 is 5.60. The maximum absolute atomic E-state index is 13.0. The molecule has 0 aliphatic carbocycles. The van der Waals surface area contributed by atoms with Gasteiger partial charge >= 0.3 is 0 Å². The van der Waals surface area contributed by atoms with E-state index in [1.54, 1.807) is 0 Å². The van der Waals surface area contributed by atoms with E-state index in [0.29, 0.717) is 36.4 Å². The van der Waals surface area contributed by atoms with Gasteiger partial charge in [-0.3, -0.25) is 9.69 Å². The van der Waals surface area contributed by atoms with Crippen molar-refractivity contribution < 1.29 is 9.53 Å². The molecule has 0 N–H and O–H groups in total. The third-order valence-electron chi connectivity index (χ3n) is 7.50. The molecule has 4 nitrogen and oxygen atoms in total. The molecule has 3 saturated heterocycles. The predicted octanol–water partition coefficient (Wildman–Crippen LogP) is 4.53. The van der Waals surface area contributed by atoms with Crippen LogP contribution in [0.4, 0.5) is 0 Å². The first-order chi connectivity index (χ1) is 15.2. The van der Waals surface area contributed by atoms with Gasteiger partial charge in [0.2, 0.25) is 5.91 Å². The molecule has 164 valence electrons. The Hall–Kier alpha value is -2.33. The summed E-state index contributed by atoms with van der Waals surface area (Å²) in [7, 11) is 0. The van der Waals surface area contributed by atoms with Crippen LogP contribution in [0.5, 0.6) is 5.75 Å². The quantitative estimate of drug-likeness (QED) is 0.691. The van der Waals surface area contributed by atoms with Crippen molar-refractivity contribution >= 4 is 5.91 Å². The van der Waals surface area contributed by atoms with Crippen LogP contribution in [-0.4, -0.2) is 47.5 Å². The summed E-state index contributed by atoms with van der Waals surface area (Å²) >= 11 is 0. The minimum atomic E-state index is 0.333. The molecule has 4 heteroatoms. The third-order valence-corrected chi connectivity index (χ3v) is 7.50. The fraction of sp³-hybridized carbons (Fsp3) is 0.519. The highest BCUT2D eigenvalue weighted by atomic mass is 16.5. The smallest absolute Gasteiger partial charge is 0.223 e. The van der Waals surface area contributed by atoms with Crippen LogP contribution in [0.1, 0.15) is 43.7 Å². The van der Waals surface area contributed by atoms with E-state index in [1.165, 1.54) is 24.0 Å². The Bertz CT molecular complexity index is 882. The Morgan fingerprint density at radius 1 is 0.968 bits per heavy atom. The monoisotopic (exact) mass is 418 g/mol. The van der Waals surface area contributed by atoms with E-state index < -0.39 is 0 Å². The summed E-state index contributed by atoms with van der Waals surface area (Å²) in [4.78, 5) is 18.0. The summed E-state index contributed by atoms with van der Waals surface area (Å²) in [6.45, 7) is 5.89. The molecule has 0 unspecified atom stereocenters. The van der Waals surface area contributed by atoms with Crippen molar-refractivity contribution in [3.8, 4) is 5.75 Å². The van der Waals surface area contributed by atoms with Crippen molar-refractivity contribution in [1.29, 1.82) is 0 Å². The first kappa shape index (κ1) is 20.6. The molecular weight excluding hydrogens is 384 g/mol. The Labute approximate surface area is 186 Å². The van der Waals surface area contributed by atoms with Crippen LogP contribution in [-0.2, 0) is 17.8 Å². The second-order valence-electron chi connectivity index (χ2n) is 9.54. The summed E-state index contributed by atoms with van der Waals surface area (Å²) in [6.07, 6.45) is 5.21. The van der Waals surface area contributed by atoms with Gasteiger partial charge in [-0.15, -0.1) is 0 Å². The second-order valence-corrected chi connectivity index (χ2v) is 9.54. The zero-order valence-corrected chi connectivity index (χ0v) is 18.6. The average Bonchev–Trinajstić information content (AvgIpc) is 2.79. The Morgan fingerprint density at radius 3 is 2.52 bits per heavy atom. The fourth-order valence-electron chi connectivity index (χ4n) is 6.24. The number of amides is 1. The molecule has 31 heavy (non-hydrogen) atoms. The second kappa shape index (κ2) is 9.04. The molecule has 1 amide bonds. The Morgan fingerprint density at radius 2 is 1.74 bits per heavy atom. The first-order valence-electron chi connectivity index (χ1n) is 12.0. The zero-order valence-electron chi connectivity index (χ0n) is 18.6. The number of likely N-dealkylation sites (tertiary alicyclic amines) is 1. The van der Waals surface area contributed by atoms with Crippen LogP contribution in [0, 0.1) is 11.8 Å². The highest BCUT2D eigenvalue weighted by Crippen LogP contribution is 2.42. The summed E-state index contributed by atoms with van der Waals surface area (Å²) in [5.74, 6) is 2.51. The normalized spacial score (nSPS) is 28.3. The van der Waals surface area contributed by atoms with E-state index in [4.69, 9.17) is 4.74 Å². The molecule has 3 fully saturated rings. The Kier molecular flexibility index (Phi) is 5.99. The lowest BCUT2D eigenvalue weighted by Crippen LogP contribution is -2.65. The summed E-state index contributed by atoms with van der Waals surface area (Å²) in [5.41, 5.74) is 2.70. The fourth-order valence-corrected chi connectivity index (χ4v) is 6.24. The van der Waals surface area contributed by atoms with Gasteiger partial charge in [0.25, 0.3) is 0 Å². The molecule has 3 aliphatic rings. The van der Waals surface area contributed by atoms with Crippen molar-refractivity contribution in [1.82, 2.24) is 9.80 Å². The van der Waals surface area contributed by atoms with Gasteiger partial charge in [-0.2, -0.15) is 0 Å². The van der Waals surface area contributed by atoms with Gasteiger partial charge in [0.15, 0.2) is 0 Å². The molecule has 0 aromatic heterocycles. The van der Waals surface area contributed by atoms with Gasteiger partial charge in [-0.05, 0) is 67.7 Å². The molecule has 3 aliphatic heterocycles. The largest absolute Gasteiger partial charge is 0.494 e. The summed E-state index contributed by atoms with van der Waals surface area (Å²) in [5, 5.41) is 0. The van der Waals surface area contributed by atoms with Crippen molar-refractivity contribution in [3.63, 3.8) is 0 Å². The molecule has 0 radical (unpaired) electrons. The molecule has 2 aromatic rings. The molecule has 2 bridgehead atoms. The van der Waals surface area contributed by atoms with Crippen molar-refractivity contribution in [2.24, 2.45) is 11.8 Å². The molecule has 2 aromatic carbocycles. The molecule has 3 heterocycles. The number of hydrogen-bond donors (Lipinski definition) is 0. The number of nitrogens with zero attached hydrogens (tertiary/aromatic N) is 2. The van der Waals surface area contributed by atoms with Crippen molar-refractivity contribution in [3.05, 3.63) is 65.7 Å². The van der Waals surface area contributed by atoms with Gasteiger partial charge in [-0.1, -0.05) is 42.5 Å². The van der Waals surface area contributed by atoms with Gasteiger partial charge in [0, 0.05) is 38.1 Å². The Balaban J connectivity index is 1.35. The number of fused-ring (bicyclic) bond motifs is 4. The zero-order chi connectivity index (χ0) is 21.2. The lowest BCUT2D eigenvalue weighted by atomic mass is 9.70. The topological polar surface area (TPSA) is 32.8 Å². The number of carbonyl (C=O) groups excluding carboxylic acids is 1. The van der Waals surface area contributed by atoms with Crippen molar-refractivity contribution in [2.75, 3.05) is 19.7 Å². The van der Waals surface area contributed by atoms with E-state index in [-0.39, 0.29) is 0 Å². The molecule has 0 spiro atoms. The maximum atomic E-state index is 13.0. The minimum Gasteiger partial charge on any atom is -0.494 e. The van der Waals surface area contributed by atoms with E-state index in [9.17, 15) is 4.79 Å². The van der Waals surface area contributed by atoms with Gasteiger partial charge in [-0.25, -0.2) is 0 Å². The van der Waals surface area contributed by atoms with E-state index in [0.717, 1.165) is 44.6 Å². The summed E-state index contributed by atoms with van der Waals surface area (Å²) in [6, 6.07) is 20.1. The van der Waals surface area contributed by atoms with Crippen LogP contribution in [0.2, 0.25) is 0 Å². The van der Waals surface area contributed by atoms with Gasteiger partial charge < -0.3 is 9.64 Å². The minimum absolute atomic E-state index is 0.333. The molecule has 0 saturated carbocycles. The number of carbonyl (C=O) groups is 1. The highest BCUT2D eigenvalue weighted by molar-refractivity contribution is 5.78. The number of hydrogen-bond acceptors (Lipinski definition) is 3. The molecule has 5 rings (SSSR count). The number of rotatable bonds is 6. The SMILES string of the molecule is CCOc1ccc(CN2C[C@H]3C[C@@H](C2)[C@H](Cc2ccccc2)N2C(=O)CCC[C@@H]32)cc1. The number of ether oxygens (including phenoxy) is 1. The van der Waals surface area contributed by atoms with Crippen LogP contribution < -0.4 is 4.74 Å². The van der Waals surface area contributed by atoms with E-state index in [1.807, 2.05) is 6.92 Å². The lowest BCUT2D eigenvalue weighted by molar-refractivity contribution is -0.152. The maximum Gasteiger partial charge on any atom is 0.223 e. The van der Waals surface area contributed by atoms with Gasteiger partial charge in [0.1, 0.15) is 5.75 Å². The number of benzene rings is 2. The van der Waals surface area contributed by atoms with E-state index in [2.05, 4.69) is 64.4 Å².